The SMILES string of the molecule is CCCCc1cc2c3c(c4cc5c6c(cc(CCCCc7cccc8ccc(CCCCCc9ccc%10c(c9)CC(CCCC)CC%10C)c(CCC)c78)c7ccc(c3c1)c4c76)CC(CCCC)C5)CCC2. The minimum Gasteiger partial charge on any atom is -0.0654 e. The summed E-state index contributed by atoms with van der Waals surface area (Å²) in [6.07, 6.45) is 34.2. The number of aryl methyl sites for hydroxylation is 8. The molecule has 0 N–H and O–H groups in total. The van der Waals surface area contributed by atoms with Gasteiger partial charge < -0.3 is 0 Å². The quantitative estimate of drug-likeness (QED) is 0.0361. The van der Waals surface area contributed by atoms with Gasteiger partial charge in [0.05, 0.1) is 0 Å². The van der Waals surface area contributed by atoms with E-state index >= 15 is 0 Å². The van der Waals surface area contributed by atoms with Crippen molar-refractivity contribution in [3.63, 3.8) is 0 Å². The molecule has 0 heteroatoms. The number of hydrogen-bond acceptors (Lipinski definition) is 0. The molecule has 0 amide bonds. The van der Waals surface area contributed by atoms with Crippen LogP contribution in [0.3, 0.4) is 0 Å². The van der Waals surface area contributed by atoms with Crippen molar-refractivity contribution in [1.29, 1.82) is 0 Å². The van der Waals surface area contributed by atoms with E-state index in [-0.39, 0.29) is 0 Å². The maximum absolute atomic E-state index is 2.72. The lowest BCUT2D eigenvalue weighted by molar-refractivity contribution is 0.380. The fourth-order valence-corrected chi connectivity index (χ4v) is 15.1. The molecule has 3 aliphatic rings. The Hall–Kier alpha value is -4.68. The van der Waals surface area contributed by atoms with Crippen LogP contribution in [-0.4, -0.2) is 0 Å². The summed E-state index contributed by atoms with van der Waals surface area (Å²) < 4.78 is 0. The van der Waals surface area contributed by atoms with Crippen LogP contribution in [0.1, 0.15) is 210 Å². The summed E-state index contributed by atoms with van der Waals surface area (Å²) >= 11 is 0. The Morgan fingerprint density at radius 2 is 1.14 bits per heavy atom. The number of hydrogen-bond donors (Lipinski definition) is 0. The third-order valence-corrected chi connectivity index (χ3v) is 18.5. The van der Waals surface area contributed by atoms with E-state index < -0.39 is 0 Å². The number of rotatable bonds is 22. The molecule has 0 nitrogen and oxygen atoms in total. The van der Waals surface area contributed by atoms with Crippen LogP contribution < -0.4 is 0 Å². The molecule has 3 atom stereocenters. The maximum Gasteiger partial charge on any atom is -0.00172 e. The van der Waals surface area contributed by atoms with E-state index in [9.17, 15) is 0 Å². The number of benzene rings is 8. The van der Waals surface area contributed by atoms with Gasteiger partial charge in [0, 0.05) is 0 Å². The lowest BCUT2D eigenvalue weighted by Gasteiger charge is -2.30. The van der Waals surface area contributed by atoms with Gasteiger partial charge in [0.25, 0.3) is 0 Å². The van der Waals surface area contributed by atoms with Gasteiger partial charge in [0.15, 0.2) is 0 Å². The molecule has 3 unspecified atom stereocenters. The average Bonchev–Trinajstić information content (AvgIpc) is 3.39. The molecule has 8 aromatic carbocycles. The van der Waals surface area contributed by atoms with E-state index in [1.807, 2.05) is 0 Å². The van der Waals surface area contributed by atoms with Crippen LogP contribution in [0.25, 0.3) is 53.9 Å². The lowest BCUT2D eigenvalue weighted by Crippen LogP contribution is -2.17. The summed E-state index contributed by atoms with van der Waals surface area (Å²) in [6, 6.07) is 35.5. The van der Waals surface area contributed by atoms with Crippen LogP contribution in [0.4, 0.5) is 0 Å². The Kier molecular flexibility index (Phi) is 14.9. The monoisotopic (exact) mass is 939 g/mol. The minimum absolute atomic E-state index is 0.718. The highest BCUT2D eigenvalue weighted by Gasteiger charge is 2.29. The molecule has 0 radical (unpaired) electrons. The molecule has 0 fully saturated rings. The molecule has 0 spiro atoms. The molecule has 8 aromatic rings. The standard InChI is InChI=1S/C71H86/c1-6-10-21-49-38-47(5)60-35-32-48(39-57(60)41-49)24-14-13-15-25-52-33-34-54-29-18-28-53(67(54)61(52)20-9-4)26-16-17-27-55-45-58-42-50(22-11-7-2)43-59-46-66-63-31-19-30-56-40-51(23-12-8-3)44-65(69(56)63)64-37-36-62(55)71(68(58)59)70(64)66/h18,28-29,32-37,39-40,44-47,49-50H,6-17,19-27,30-31,38,41-43H2,1-5H3. The number of fused-ring (bicyclic) bond motifs is 4. The Balaban J connectivity index is 0.829. The molecule has 0 bridgehead atoms. The Bertz CT molecular complexity index is 3160. The predicted octanol–water partition coefficient (Wildman–Crippen LogP) is 20.0. The third-order valence-electron chi connectivity index (χ3n) is 18.5. The molecular weight excluding hydrogens is 853 g/mol. The molecular formula is C71H86. The second kappa shape index (κ2) is 21.8. The highest BCUT2D eigenvalue weighted by molar-refractivity contribution is 6.32. The van der Waals surface area contributed by atoms with E-state index in [2.05, 4.69) is 120 Å². The summed E-state index contributed by atoms with van der Waals surface area (Å²) in [4.78, 5) is 0. The average molecular weight is 939 g/mol. The summed E-state index contributed by atoms with van der Waals surface area (Å²) in [6.45, 7) is 11.9. The van der Waals surface area contributed by atoms with Crippen LogP contribution >= 0.6 is 0 Å². The first-order valence-corrected chi connectivity index (χ1v) is 29.8. The van der Waals surface area contributed by atoms with Crippen LogP contribution in [0.2, 0.25) is 0 Å². The molecule has 370 valence electrons. The lowest BCUT2D eigenvalue weighted by atomic mass is 9.74. The molecule has 11 rings (SSSR count). The van der Waals surface area contributed by atoms with Crippen molar-refractivity contribution >= 4 is 53.9 Å². The van der Waals surface area contributed by atoms with Gasteiger partial charge in [0.1, 0.15) is 0 Å². The second-order valence-corrected chi connectivity index (χ2v) is 23.7. The first kappa shape index (κ1) is 48.6. The van der Waals surface area contributed by atoms with E-state index in [4.69, 9.17) is 0 Å². The van der Waals surface area contributed by atoms with E-state index in [0.29, 0.717) is 0 Å². The van der Waals surface area contributed by atoms with Gasteiger partial charge in [-0.05, 0) is 260 Å². The van der Waals surface area contributed by atoms with Crippen molar-refractivity contribution < 1.29 is 0 Å². The van der Waals surface area contributed by atoms with Crippen molar-refractivity contribution in [3.05, 3.63) is 152 Å². The number of unbranched alkanes of at least 4 members (excludes halogenated alkanes) is 6. The molecule has 3 aliphatic carbocycles. The predicted molar refractivity (Wildman–Crippen MR) is 311 cm³/mol. The van der Waals surface area contributed by atoms with Crippen molar-refractivity contribution in [1.82, 2.24) is 0 Å². The molecule has 0 aromatic heterocycles. The highest BCUT2D eigenvalue weighted by Crippen LogP contribution is 2.49. The molecule has 0 heterocycles. The Morgan fingerprint density at radius 1 is 0.423 bits per heavy atom. The fraction of sp³-hybridized carbons (Fsp3) is 0.493. The van der Waals surface area contributed by atoms with Crippen LogP contribution in [-0.2, 0) is 70.6 Å². The fourth-order valence-electron chi connectivity index (χ4n) is 15.1. The summed E-state index contributed by atoms with van der Waals surface area (Å²) in [5.74, 6) is 2.36. The van der Waals surface area contributed by atoms with E-state index in [1.165, 1.54) is 171 Å². The zero-order chi connectivity index (χ0) is 48.4. The molecule has 0 aliphatic heterocycles. The van der Waals surface area contributed by atoms with Gasteiger partial charge in [-0.15, -0.1) is 0 Å². The summed E-state index contributed by atoms with van der Waals surface area (Å²) in [5.41, 5.74) is 19.5. The smallest absolute Gasteiger partial charge is 0.00172 e. The van der Waals surface area contributed by atoms with Crippen molar-refractivity contribution in [3.8, 4) is 0 Å². The first-order chi connectivity index (χ1) is 34.9. The normalized spacial score (nSPS) is 17.7. The van der Waals surface area contributed by atoms with Crippen LogP contribution in [0.15, 0.2) is 84.9 Å². The molecule has 0 saturated carbocycles. The zero-order valence-electron chi connectivity index (χ0n) is 44.9. The maximum atomic E-state index is 2.72. The van der Waals surface area contributed by atoms with Gasteiger partial charge in [-0.2, -0.15) is 0 Å². The topological polar surface area (TPSA) is 0 Å². The molecule has 0 saturated heterocycles. The van der Waals surface area contributed by atoms with Gasteiger partial charge in [-0.3, -0.25) is 0 Å². The van der Waals surface area contributed by atoms with Crippen molar-refractivity contribution in [2.24, 2.45) is 11.8 Å². The van der Waals surface area contributed by atoms with Gasteiger partial charge in [-0.1, -0.05) is 171 Å². The van der Waals surface area contributed by atoms with Gasteiger partial charge >= 0.3 is 0 Å². The van der Waals surface area contributed by atoms with Gasteiger partial charge in [-0.25, -0.2) is 0 Å². The first-order valence-electron chi connectivity index (χ1n) is 29.8. The largest absolute Gasteiger partial charge is 0.0654 e. The van der Waals surface area contributed by atoms with E-state index in [0.717, 1.165) is 30.6 Å². The van der Waals surface area contributed by atoms with E-state index in [1.54, 1.807) is 110 Å². The third kappa shape index (κ3) is 9.70. The molecule has 71 heavy (non-hydrogen) atoms. The zero-order valence-corrected chi connectivity index (χ0v) is 44.9. The van der Waals surface area contributed by atoms with Crippen LogP contribution in [0.5, 0.6) is 0 Å². The second-order valence-electron chi connectivity index (χ2n) is 23.7. The minimum atomic E-state index is 0.718. The summed E-state index contributed by atoms with van der Waals surface area (Å²) in [7, 11) is 0. The van der Waals surface area contributed by atoms with Gasteiger partial charge in [0.2, 0.25) is 0 Å². The Labute approximate surface area is 429 Å². The summed E-state index contributed by atoms with van der Waals surface area (Å²) in [5, 5.41) is 15.7. The van der Waals surface area contributed by atoms with Crippen molar-refractivity contribution in [2.45, 2.75) is 214 Å². The van der Waals surface area contributed by atoms with Crippen molar-refractivity contribution in [2.75, 3.05) is 0 Å². The Morgan fingerprint density at radius 3 is 1.97 bits per heavy atom. The highest BCUT2D eigenvalue weighted by atomic mass is 14.3. The van der Waals surface area contributed by atoms with Crippen LogP contribution in [0, 0.1) is 11.8 Å².